The molecule has 0 aliphatic rings. The largest absolute Gasteiger partial charge is 0.478 e. The first-order valence-corrected chi connectivity index (χ1v) is 7.26. The van der Waals surface area contributed by atoms with E-state index < -0.39 is 21.6 Å². The number of carbonyl (C=O) groups is 1. The van der Waals surface area contributed by atoms with Gasteiger partial charge in [-0.3, -0.25) is 0 Å². The predicted octanol–water partition coefficient (Wildman–Crippen LogP) is 0.658. The second kappa shape index (κ2) is 5.92. The lowest BCUT2D eigenvalue weighted by Crippen LogP contribution is -2.22. The topological polar surface area (TPSA) is 83.5 Å². The van der Waals surface area contributed by atoms with Crippen LogP contribution in [0.15, 0.2) is 18.2 Å². The van der Waals surface area contributed by atoms with Gasteiger partial charge in [0.25, 0.3) is 0 Å². The fourth-order valence-corrected chi connectivity index (χ4v) is 1.85. The molecule has 0 aliphatic heterocycles. The lowest BCUT2D eigenvalue weighted by molar-refractivity contribution is 0.0692. The van der Waals surface area contributed by atoms with Gasteiger partial charge in [-0.15, -0.1) is 0 Å². The van der Waals surface area contributed by atoms with Gasteiger partial charge < -0.3 is 10.4 Å². The number of rotatable bonds is 6. The minimum absolute atomic E-state index is 0.00267. The van der Waals surface area contributed by atoms with Gasteiger partial charge in [-0.25, -0.2) is 17.6 Å². The van der Waals surface area contributed by atoms with Crippen molar-refractivity contribution >= 4 is 15.8 Å². The Labute approximate surface area is 105 Å². The maximum atomic E-state index is 13.3. The van der Waals surface area contributed by atoms with Crippen molar-refractivity contribution in [3.8, 4) is 0 Å². The van der Waals surface area contributed by atoms with Crippen molar-refractivity contribution in [2.75, 3.05) is 18.6 Å². The van der Waals surface area contributed by atoms with Crippen LogP contribution in [0.3, 0.4) is 0 Å². The molecule has 0 radical (unpaired) electrons. The van der Waals surface area contributed by atoms with Crippen LogP contribution in [-0.4, -0.2) is 38.0 Å². The lowest BCUT2D eigenvalue weighted by Gasteiger charge is -2.05. The van der Waals surface area contributed by atoms with Crippen LogP contribution in [0.1, 0.15) is 15.9 Å². The number of carboxylic acid groups (broad SMARTS) is 1. The van der Waals surface area contributed by atoms with Gasteiger partial charge in [0.2, 0.25) is 0 Å². The van der Waals surface area contributed by atoms with E-state index in [-0.39, 0.29) is 24.4 Å². The van der Waals surface area contributed by atoms with Crippen molar-refractivity contribution in [1.29, 1.82) is 0 Å². The molecule has 5 nitrogen and oxygen atoms in total. The Hall–Kier alpha value is -1.47. The molecule has 18 heavy (non-hydrogen) atoms. The van der Waals surface area contributed by atoms with Gasteiger partial charge in [0, 0.05) is 19.3 Å². The van der Waals surface area contributed by atoms with Crippen LogP contribution in [0.2, 0.25) is 0 Å². The molecule has 0 atom stereocenters. The number of nitrogens with one attached hydrogen (secondary N) is 1. The summed E-state index contributed by atoms with van der Waals surface area (Å²) >= 11 is 0. The van der Waals surface area contributed by atoms with Crippen LogP contribution in [0.5, 0.6) is 0 Å². The zero-order valence-electron chi connectivity index (χ0n) is 9.81. The van der Waals surface area contributed by atoms with E-state index in [1.165, 1.54) is 12.1 Å². The Morgan fingerprint density at radius 2 is 2.11 bits per heavy atom. The molecule has 0 fully saturated rings. The van der Waals surface area contributed by atoms with Crippen LogP contribution in [-0.2, 0) is 16.4 Å². The summed E-state index contributed by atoms with van der Waals surface area (Å²) in [4.78, 5) is 10.6. The molecule has 100 valence electrons. The van der Waals surface area contributed by atoms with Gasteiger partial charge in [-0.1, -0.05) is 6.07 Å². The van der Waals surface area contributed by atoms with Crippen molar-refractivity contribution in [2.24, 2.45) is 0 Å². The van der Waals surface area contributed by atoms with Crippen molar-refractivity contribution in [3.05, 3.63) is 35.1 Å². The standard InChI is InChI=1S/C11H14FNO4S/c1-18(16,17)5-4-13-7-8-2-3-9(11(14)15)10(12)6-8/h2-3,6,13H,4-5,7H2,1H3,(H,14,15). The van der Waals surface area contributed by atoms with Crippen LogP contribution in [0, 0.1) is 5.82 Å². The monoisotopic (exact) mass is 275 g/mol. The Morgan fingerprint density at radius 1 is 1.44 bits per heavy atom. The van der Waals surface area contributed by atoms with E-state index in [9.17, 15) is 17.6 Å². The molecular formula is C11H14FNO4S. The molecule has 2 N–H and O–H groups in total. The Balaban J connectivity index is 2.54. The minimum atomic E-state index is -3.02. The summed E-state index contributed by atoms with van der Waals surface area (Å²) < 4.78 is 35.0. The average molecular weight is 275 g/mol. The molecular weight excluding hydrogens is 261 g/mol. The van der Waals surface area contributed by atoms with E-state index in [0.29, 0.717) is 5.56 Å². The van der Waals surface area contributed by atoms with Crippen LogP contribution >= 0.6 is 0 Å². The molecule has 1 rings (SSSR count). The normalized spacial score (nSPS) is 11.4. The Kier molecular flexibility index (Phi) is 4.80. The lowest BCUT2D eigenvalue weighted by atomic mass is 10.1. The molecule has 0 aliphatic carbocycles. The number of hydrogen-bond donors (Lipinski definition) is 2. The second-order valence-corrected chi connectivity index (χ2v) is 6.19. The molecule has 0 aromatic heterocycles. The number of halogens is 1. The van der Waals surface area contributed by atoms with Gasteiger partial charge >= 0.3 is 5.97 Å². The first-order valence-electron chi connectivity index (χ1n) is 5.20. The van der Waals surface area contributed by atoms with Gasteiger partial charge in [-0.2, -0.15) is 0 Å². The van der Waals surface area contributed by atoms with E-state index in [4.69, 9.17) is 5.11 Å². The van der Waals surface area contributed by atoms with Gasteiger partial charge in [-0.05, 0) is 17.7 Å². The van der Waals surface area contributed by atoms with Crippen molar-refractivity contribution in [3.63, 3.8) is 0 Å². The maximum absolute atomic E-state index is 13.3. The molecule has 1 aromatic rings. The number of carboxylic acids is 1. The zero-order chi connectivity index (χ0) is 13.8. The summed E-state index contributed by atoms with van der Waals surface area (Å²) in [5.74, 6) is -2.11. The first kappa shape index (κ1) is 14.6. The van der Waals surface area contributed by atoms with Gasteiger partial charge in [0.15, 0.2) is 0 Å². The van der Waals surface area contributed by atoms with E-state index in [2.05, 4.69) is 5.32 Å². The number of hydrogen-bond acceptors (Lipinski definition) is 4. The number of aromatic carboxylic acids is 1. The predicted molar refractivity (Wildman–Crippen MR) is 64.8 cm³/mol. The van der Waals surface area contributed by atoms with Crippen molar-refractivity contribution < 1.29 is 22.7 Å². The maximum Gasteiger partial charge on any atom is 0.338 e. The third kappa shape index (κ3) is 4.80. The molecule has 1 aromatic carbocycles. The fraction of sp³-hybridized carbons (Fsp3) is 0.364. The summed E-state index contributed by atoms with van der Waals surface area (Å²) in [6.45, 7) is 0.549. The van der Waals surface area contributed by atoms with Crippen molar-refractivity contribution in [2.45, 2.75) is 6.54 Å². The highest BCUT2D eigenvalue weighted by molar-refractivity contribution is 7.90. The minimum Gasteiger partial charge on any atom is -0.478 e. The zero-order valence-corrected chi connectivity index (χ0v) is 10.6. The summed E-state index contributed by atoms with van der Waals surface area (Å²) in [7, 11) is -3.02. The Bertz CT molecular complexity index is 542. The third-order valence-corrected chi connectivity index (χ3v) is 3.19. The van der Waals surface area contributed by atoms with E-state index in [0.717, 1.165) is 12.3 Å². The molecule has 0 spiro atoms. The van der Waals surface area contributed by atoms with E-state index in [1.807, 2.05) is 0 Å². The highest BCUT2D eigenvalue weighted by atomic mass is 32.2. The van der Waals surface area contributed by atoms with Crippen LogP contribution in [0.25, 0.3) is 0 Å². The van der Waals surface area contributed by atoms with Gasteiger partial charge in [0.05, 0.1) is 11.3 Å². The highest BCUT2D eigenvalue weighted by Crippen LogP contribution is 2.10. The SMILES string of the molecule is CS(=O)(=O)CCNCc1ccc(C(=O)O)c(F)c1. The smallest absolute Gasteiger partial charge is 0.338 e. The van der Waals surface area contributed by atoms with Crippen LogP contribution < -0.4 is 5.32 Å². The molecule has 7 heteroatoms. The molecule has 0 saturated heterocycles. The summed E-state index contributed by atoms with van der Waals surface area (Å²) in [6.07, 6.45) is 1.13. The summed E-state index contributed by atoms with van der Waals surface area (Å²) in [6, 6.07) is 3.79. The van der Waals surface area contributed by atoms with Crippen LogP contribution in [0.4, 0.5) is 4.39 Å². The molecule has 0 amide bonds. The van der Waals surface area contributed by atoms with E-state index in [1.54, 1.807) is 0 Å². The van der Waals surface area contributed by atoms with Gasteiger partial charge in [0.1, 0.15) is 15.7 Å². The second-order valence-electron chi connectivity index (χ2n) is 3.93. The fourth-order valence-electron chi connectivity index (χ4n) is 1.33. The van der Waals surface area contributed by atoms with Crippen molar-refractivity contribution in [1.82, 2.24) is 5.32 Å². The molecule has 0 bridgehead atoms. The molecule has 0 saturated carbocycles. The first-order chi connectivity index (χ1) is 8.29. The third-order valence-electron chi connectivity index (χ3n) is 2.24. The quantitative estimate of drug-likeness (QED) is 0.745. The average Bonchev–Trinajstić information content (AvgIpc) is 2.22. The summed E-state index contributed by atoms with van der Waals surface area (Å²) in [5.41, 5.74) is 0.181. The summed E-state index contributed by atoms with van der Waals surface area (Å²) in [5, 5.41) is 11.5. The number of sulfone groups is 1. The Morgan fingerprint density at radius 3 is 2.61 bits per heavy atom. The highest BCUT2D eigenvalue weighted by Gasteiger charge is 2.10. The number of benzene rings is 1. The van der Waals surface area contributed by atoms with E-state index >= 15 is 0 Å². The molecule has 0 unspecified atom stereocenters. The molecule has 0 heterocycles.